The standard InChI is InChI=1S/C9H7Cl2N3/c10-8-12-6-13-9(11,14-8)7-4-2-1-3-5-7/h1-6H,(H,12,13,14). The molecule has 0 spiro atoms. The van der Waals surface area contributed by atoms with Crippen LogP contribution in [0, 0.1) is 0 Å². The van der Waals surface area contributed by atoms with Gasteiger partial charge >= 0.3 is 0 Å². The van der Waals surface area contributed by atoms with Crippen LogP contribution in [-0.2, 0) is 5.12 Å². The highest BCUT2D eigenvalue weighted by atomic mass is 35.5. The Bertz CT molecular complexity index is 388. The fourth-order valence-corrected chi connectivity index (χ4v) is 1.63. The lowest BCUT2D eigenvalue weighted by atomic mass is 10.2. The zero-order valence-corrected chi connectivity index (χ0v) is 8.63. The maximum atomic E-state index is 6.19. The first-order chi connectivity index (χ1) is 6.71. The van der Waals surface area contributed by atoms with Gasteiger partial charge in [0.25, 0.3) is 5.12 Å². The first-order valence-electron chi connectivity index (χ1n) is 4.01. The Labute approximate surface area is 91.5 Å². The number of benzene rings is 1. The maximum Gasteiger partial charge on any atom is 0.256 e. The minimum absolute atomic E-state index is 0.235. The van der Waals surface area contributed by atoms with Gasteiger partial charge in [0, 0.05) is 5.56 Å². The highest BCUT2D eigenvalue weighted by Crippen LogP contribution is 2.33. The fourth-order valence-electron chi connectivity index (χ4n) is 1.15. The van der Waals surface area contributed by atoms with Gasteiger partial charge in [-0.3, -0.25) is 0 Å². The molecule has 2 rings (SSSR count). The lowest BCUT2D eigenvalue weighted by molar-refractivity contribution is 0.677. The van der Waals surface area contributed by atoms with Crippen molar-refractivity contribution in [2.45, 2.75) is 5.12 Å². The normalized spacial score (nSPS) is 25.4. The number of nitrogens with zero attached hydrogens (tertiary/aromatic N) is 2. The van der Waals surface area contributed by atoms with Crippen molar-refractivity contribution in [1.82, 2.24) is 5.32 Å². The molecule has 0 aliphatic carbocycles. The summed E-state index contributed by atoms with van der Waals surface area (Å²) in [5, 5.41) is 1.76. The Hall–Kier alpha value is -1.06. The third-order valence-corrected chi connectivity index (χ3v) is 2.40. The zero-order valence-electron chi connectivity index (χ0n) is 7.11. The first kappa shape index (κ1) is 9.49. The van der Waals surface area contributed by atoms with Gasteiger partial charge in [0.05, 0.1) is 6.34 Å². The highest BCUT2D eigenvalue weighted by molar-refractivity contribution is 6.66. The predicted molar refractivity (Wildman–Crippen MR) is 58.9 cm³/mol. The van der Waals surface area contributed by atoms with Gasteiger partial charge in [-0.2, -0.15) is 0 Å². The lowest BCUT2D eigenvalue weighted by Crippen LogP contribution is -2.28. The van der Waals surface area contributed by atoms with E-state index in [0.717, 1.165) is 5.56 Å². The van der Waals surface area contributed by atoms with E-state index in [1.165, 1.54) is 6.34 Å². The van der Waals surface area contributed by atoms with E-state index in [-0.39, 0.29) is 5.29 Å². The molecule has 5 heteroatoms. The molecule has 0 aromatic heterocycles. The summed E-state index contributed by atoms with van der Waals surface area (Å²) in [5.74, 6) is 0. The maximum absolute atomic E-state index is 6.19. The van der Waals surface area contributed by atoms with Crippen molar-refractivity contribution in [3.05, 3.63) is 35.9 Å². The monoisotopic (exact) mass is 227 g/mol. The molecule has 0 saturated heterocycles. The number of aliphatic imine (C=N–C) groups is 2. The predicted octanol–water partition coefficient (Wildman–Crippen LogP) is 2.26. The smallest absolute Gasteiger partial charge is 0.256 e. The van der Waals surface area contributed by atoms with Crippen molar-refractivity contribution < 1.29 is 0 Å². The quantitative estimate of drug-likeness (QED) is 0.580. The van der Waals surface area contributed by atoms with Crippen LogP contribution in [0.5, 0.6) is 0 Å². The molecule has 0 bridgehead atoms. The molecule has 1 unspecified atom stereocenters. The van der Waals surface area contributed by atoms with E-state index in [4.69, 9.17) is 23.2 Å². The summed E-state index contributed by atoms with van der Waals surface area (Å²) >= 11 is 11.9. The SMILES string of the molecule is ClC1=NC(Cl)(c2ccccc2)N=CN1. The van der Waals surface area contributed by atoms with Gasteiger partial charge < -0.3 is 5.32 Å². The summed E-state index contributed by atoms with van der Waals surface area (Å²) < 4.78 is 0. The largest absolute Gasteiger partial charge is 0.322 e. The molecular formula is C9H7Cl2N3. The molecule has 3 nitrogen and oxygen atoms in total. The second-order valence-electron chi connectivity index (χ2n) is 2.76. The van der Waals surface area contributed by atoms with E-state index in [1.54, 1.807) is 0 Å². The Morgan fingerprint density at radius 1 is 1.21 bits per heavy atom. The third kappa shape index (κ3) is 1.74. The van der Waals surface area contributed by atoms with Crippen molar-refractivity contribution in [2.75, 3.05) is 0 Å². The molecular weight excluding hydrogens is 221 g/mol. The highest BCUT2D eigenvalue weighted by Gasteiger charge is 2.29. The van der Waals surface area contributed by atoms with Crippen LogP contribution in [0.1, 0.15) is 5.56 Å². The summed E-state index contributed by atoms with van der Waals surface area (Å²) in [6.45, 7) is 0. The fraction of sp³-hybridized carbons (Fsp3) is 0.111. The van der Waals surface area contributed by atoms with Crippen LogP contribution < -0.4 is 5.32 Å². The van der Waals surface area contributed by atoms with Crippen LogP contribution >= 0.6 is 23.2 Å². The van der Waals surface area contributed by atoms with E-state index in [1.807, 2.05) is 30.3 Å². The molecule has 0 saturated carbocycles. The molecule has 0 fully saturated rings. The van der Waals surface area contributed by atoms with Crippen LogP contribution in [0.15, 0.2) is 40.3 Å². The van der Waals surface area contributed by atoms with Crippen LogP contribution in [0.4, 0.5) is 0 Å². The lowest BCUT2D eigenvalue weighted by Gasteiger charge is -2.21. The van der Waals surface area contributed by atoms with E-state index in [2.05, 4.69) is 15.3 Å². The second kappa shape index (κ2) is 3.59. The molecule has 1 aliphatic rings. The van der Waals surface area contributed by atoms with E-state index >= 15 is 0 Å². The molecule has 1 heterocycles. The van der Waals surface area contributed by atoms with Gasteiger partial charge in [-0.15, -0.1) is 0 Å². The van der Waals surface area contributed by atoms with E-state index < -0.39 is 5.12 Å². The summed E-state index contributed by atoms with van der Waals surface area (Å²) in [5.41, 5.74) is 0.789. The van der Waals surface area contributed by atoms with Crippen molar-refractivity contribution in [3.63, 3.8) is 0 Å². The van der Waals surface area contributed by atoms with Crippen LogP contribution in [0.25, 0.3) is 0 Å². The number of hydrogen-bond donors (Lipinski definition) is 1. The van der Waals surface area contributed by atoms with Crippen molar-refractivity contribution in [1.29, 1.82) is 0 Å². The number of nitrogens with one attached hydrogen (secondary N) is 1. The molecule has 1 atom stereocenters. The van der Waals surface area contributed by atoms with Crippen molar-refractivity contribution in [2.24, 2.45) is 9.98 Å². The topological polar surface area (TPSA) is 36.8 Å². The second-order valence-corrected chi connectivity index (χ2v) is 3.64. The first-order valence-corrected chi connectivity index (χ1v) is 4.76. The Balaban J connectivity index is 2.42. The van der Waals surface area contributed by atoms with Gasteiger partial charge in [0.15, 0.2) is 5.29 Å². The van der Waals surface area contributed by atoms with Crippen LogP contribution in [0.2, 0.25) is 0 Å². The molecule has 1 aromatic rings. The molecule has 0 radical (unpaired) electrons. The number of halogens is 2. The summed E-state index contributed by atoms with van der Waals surface area (Å²) in [6, 6.07) is 9.35. The molecule has 1 aromatic carbocycles. The molecule has 1 N–H and O–H groups in total. The molecule has 0 amide bonds. The van der Waals surface area contributed by atoms with Crippen LogP contribution in [0.3, 0.4) is 0 Å². The van der Waals surface area contributed by atoms with Crippen molar-refractivity contribution in [3.8, 4) is 0 Å². The van der Waals surface area contributed by atoms with Gasteiger partial charge in [-0.1, -0.05) is 41.9 Å². The van der Waals surface area contributed by atoms with Crippen LogP contribution in [-0.4, -0.2) is 11.6 Å². The molecule has 14 heavy (non-hydrogen) atoms. The van der Waals surface area contributed by atoms with Gasteiger partial charge in [0.2, 0.25) is 0 Å². The van der Waals surface area contributed by atoms with Gasteiger partial charge in [-0.25, -0.2) is 9.98 Å². The van der Waals surface area contributed by atoms with Crippen molar-refractivity contribution >= 4 is 34.8 Å². The van der Waals surface area contributed by atoms with E-state index in [0.29, 0.717) is 0 Å². The van der Waals surface area contributed by atoms with Gasteiger partial charge in [-0.05, 0) is 11.6 Å². The average Bonchev–Trinajstić information content (AvgIpc) is 2.19. The Kier molecular flexibility index (Phi) is 2.44. The zero-order chi connectivity index (χ0) is 10.0. The third-order valence-electron chi connectivity index (χ3n) is 1.81. The molecule has 72 valence electrons. The minimum atomic E-state index is -1.12. The molecule has 1 aliphatic heterocycles. The Morgan fingerprint density at radius 3 is 2.57 bits per heavy atom. The summed E-state index contributed by atoms with van der Waals surface area (Å²) in [7, 11) is 0. The summed E-state index contributed by atoms with van der Waals surface area (Å²) in [4.78, 5) is 8.06. The minimum Gasteiger partial charge on any atom is -0.322 e. The average molecular weight is 228 g/mol. The van der Waals surface area contributed by atoms with E-state index in [9.17, 15) is 0 Å². The Morgan fingerprint density at radius 2 is 1.93 bits per heavy atom. The summed E-state index contributed by atoms with van der Waals surface area (Å²) in [6.07, 6.45) is 1.44. The number of amidine groups is 1. The number of hydrogen-bond acceptors (Lipinski definition) is 3. The van der Waals surface area contributed by atoms with Gasteiger partial charge in [0.1, 0.15) is 0 Å². The number of alkyl halides is 1. The number of rotatable bonds is 1.